The van der Waals surface area contributed by atoms with Gasteiger partial charge < -0.3 is 15.0 Å². The molecule has 1 aromatic carbocycles. The van der Waals surface area contributed by atoms with E-state index in [-0.39, 0.29) is 16.4 Å². The number of unbranched alkanes of at least 4 members (excludes halogenated alkanes) is 2. The maximum absolute atomic E-state index is 14.1. The van der Waals surface area contributed by atoms with Crippen molar-refractivity contribution in [2.24, 2.45) is 0 Å². The normalized spacial score (nSPS) is 11.3. The highest BCUT2D eigenvalue weighted by Gasteiger charge is 2.29. The van der Waals surface area contributed by atoms with Crippen LogP contribution in [0.15, 0.2) is 36.5 Å². The number of hydrogen-bond acceptors (Lipinski definition) is 5. The number of halogens is 2. The van der Waals surface area contributed by atoms with Crippen LogP contribution < -0.4 is 15.4 Å². The lowest BCUT2D eigenvalue weighted by Crippen LogP contribution is -2.34. The zero-order chi connectivity index (χ0) is 23.7. The number of amides is 1. The monoisotopic (exact) mass is 464 g/mol. The fraction of sp³-hybridized carbons (Fsp3) is 0.435. The summed E-state index contributed by atoms with van der Waals surface area (Å²) in [6.07, 6.45) is 4.26. The van der Waals surface area contributed by atoms with Crippen molar-refractivity contribution in [2.45, 2.75) is 45.6 Å². The SMILES string of the molecule is CCCCCOc1ccc(NC(=S)NC(=O)c2ccc(CN(C)C)nc2)cc1C(C)(F)F. The number of carbonyl (C=O) groups excluding carboxylic acids is 1. The average molecular weight is 465 g/mol. The largest absolute Gasteiger partial charge is 0.493 e. The summed E-state index contributed by atoms with van der Waals surface area (Å²) in [5, 5.41) is 5.31. The maximum Gasteiger partial charge on any atom is 0.274 e. The topological polar surface area (TPSA) is 66.5 Å². The predicted octanol–water partition coefficient (Wildman–Crippen LogP) is 4.95. The number of carbonyl (C=O) groups is 1. The van der Waals surface area contributed by atoms with Gasteiger partial charge in [-0.3, -0.25) is 15.1 Å². The number of thiocarbonyl (C=S) groups is 1. The minimum absolute atomic E-state index is 0.00523. The van der Waals surface area contributed by atoms with Crippen LogP contribution in [0.5, 0.6) is 5.75 Å². The number of hydrogen-bond donors (Lipinski definition) is 2. The third kappa shape index (κ3) is 8.12. The highest BCUT2D eigenvalue weighted by molar-refractivity contribution is 7.80. The average Bonchev–Trinajstić information content (AvgIpc) is 2.71. The first-order valence-corrected chi connectivity index (χ1v) is 10.9. The van der Waals surface area contributed by atoms with Gasteiger partial charge in [0.05, 0.1) is 23.4 Å². The van der Waals surface area contributed by atoms with Gasteiger partial charge in [0.2, 0.25) is 0 Å². The lowest BCUT2D eigenvalue weighted by molar-refractivity contribution is 0.0145. The van der Waals surface area contributed by atoms with Crippen LogP contribution >= 0.6 is 12.2 Å². The minimum Gasteiger partial charge on any atom is -0.493 e. The van der Waals surface area contributed by atoms with Crippen LogP contribution in [0.1, 0.15) is 54.7 Å². The molecule has 0 aliphatic carbocycles. The van der Waals surface area contributed by atoms with E-state index in [0.29, 0.717) is 24.4 Å². The molecule has 0 bridgehead atoms. The molecule has 174 valence electrons. The smallest absolute Gasteiger partial charge is 0.274 e. The Bertz CT molecular complexity index is 915. The Morgan fingerprint density at radius 3 is 2.56 bits per heavy atom. The predicted molar refractivity (Wildman–Crippen MR) is 126 cm³/mol. The van der Waals surface area contributed by atoms with Gasteiger partial charge in [-0.2, -0.15) is 0 Å². The van der Waals surface area contributed by atoms with Gasteiger partial charge in [-0.15, -0.1) is 0 Å². The summed E-state index contributed by atoms with van der Waals surface area (Å²) < 4.78 is 33.8. The van der Waals surface area contributed by atoms with E-state index in [4.69, 9.17) is 17.0 Å². The molecular weight excluding hydrogens is 434 g/mol. The molecule has 0 saturated heterocycles. The van der Waals surface area contributed by atoms with Gasteiger partial charge >= 0.3 is 0 Å². The van der Waals surface area contributed by atoms with Gasteiger partial charge in [0.25, 0.3) is 11.8 Å². The lowest BCUT2D eigenvalue weighted by atomic mass is 10.1. The van der Waals surface area contributed by atoms with E-state index in [2.05, 4.69) is 22.5 Å². The molecule has 2 rings (SSSR count). The number of benzene rings is 1. The third-order valence-corrected chi connectivity index (χ3v) is 4.71. The van der Waals surface area contributed by atoms with Crippen molar-refractivity contribution < 1.29 is 18.3 Å². The summed E-state index contributed by atoms with van der Waals surface area (Å²) >= 11 is 5.17. The molecule has 6 nitrogen and oxygen atoms in total. The van der Waals surface area contributed by atoms with Crippen molar-refractivity contribution in [1.82, 2.24) is 15.2 Å². The number of nitrogens with zero attached hydrogens (tertiary/aromatic N) is 2. The molecule has 2 aromatic rings. The molecule has 0 aliphatic heterocycles. The highest BCUT2D eigenvalue weighted by atomic mass is 32.1. The van der Waals surface area contributed by atoms with Gasteiger partial charge in [0, 0.05) is 25.4 Å². The van der Waals surface area contributed by atoms with E-state index < -0.39 is 11.8 Å². The van der Waals surface area contributed by atoms with Crippen LogP contribution in [-0.4, -0.2) is 41.6 Å². The second-order valence-corrected chi connectivity index (χ2v) is 8.25. The van der Waals surface area contributed by atoms with Gasteiger partial charge in [-0.25, -0.2) is 8.78 Å². The minimum atomic E-state index is -3.09. The molecule has 1 amide bonds. The molecule has 1 aromatic heterocycles. The van der Waals surface area contributed by atoms with E-state index in [1.807, 2.05) is 19.0 Å². The molecule has 0 radical (unpaired) electrons. The van der Waals surface area contributed by atoms with Gasteiger partial charge in [-0.05, 0) is 63.1 Å². The van der Waals surface area contributed by atoms with Crippen LogP contribution in [-0.2, 0) is 12.5 Å². The Morgan fingerprint density at radius 2 is 1.97 bits per heavy atom. The fourth-order valence-electron chi connectivity index (χ4n) is 2.92. The molecule has 1 heterocycles. The molecular formula is C23H30F2N4O2S. The van der Waals surface area contributed by atoms with E-state index in [1.54, 1.807) is 18.2 Å². The second-order valence-electron chi connectivity index (χ2n) is 7.84. The molecule has 0 saturated carbocycles. The number of nitrogens with one attached hydrogen (secondary N) is 2. The molecule has 0 atom stereocenters. The Morgan fingerprint density at radius 1 is 1.22 bits per heavy atom. The summed E-state index contributed by atoms with van der Waals surface area (Å²) in [6, 6.07) is 7.77. The second kappa shape index (κ2) is 11.8. The fourth-order valence-corrected chi connectivity index (χ4v) is 3.14. The molecule has 0 spiro atoms. The van der Waals surface area contributed by atoms with Gasteiger partial charge in [-0.1, -0.05) is 19.8 Å². The summed E-state index contributed by atoms with van der Waals surface area (Å²) in [5.41, 5.74) is 1.26. The van der Waals surface area contributed by atoms with Crippen LogP contribution in [0.25, 0.3) is 0 Å². The molecule has 0 fully saturated rings. The Kier molecular flexibility index (Phi) is 9.46. The van der Waals surface area contributed by atoms with Crippen molar-refractivity contribution in [3.8, 4) is 5.75 Å². The van der Waals surface area contributed by atoms with Gasteiger partial charge in [0.15, 0.2) is 5.11 Å². The first kappa shape index (κ1) is 25.6. The van der Waals surface area contributed by atoms with E-state index >= 15 is 0 Å². The van der Waals surface area contributed by atoms with E-state index in [9.17, 15) is 13.6 Å². The summed E-state index contributed by atoms with van der Waals surface area (Å²) in [7, 11) is 3.86. The van der Waals surface area contributed by atoms with Crippen molar-refractivity contribution in [2.75, 3.05) is 26.0 Å². The summed E-state index contributed by atoms with van der Waals surface area (Å²) in [5.74, 6) is -3.40. The van der Waals surface area contributed by atoms with Gasteiger partial charge in [0.1, 0.15) is 5.75 Å². The van der Waals surface area contributed by atoms with Crippen molar-refractivity contribution in [1.29, 1.82) is 0 Å². The van der Waals surface area contributed by atoms with Crippen LogP contribution in [0.3, 0.4) is 0 Å². The number of ether oxygens (including phenoxy) is 1. The molecule has 2 N–H and O–H groups in total. The quantitative estimate of drug-likeness (QED) is 0.383. The van der Waals surface area contributed by atoms with Crippen molar-refractivity contribution in [3.63, 3.8) is 0 Å². The lowest BCUT2D eigenvalue weighted by Gasteiger charge is -2.18. The molecule has 32 heavy (non-hydrogen) atoms. The first-order chi connectivity index (χ1) is 15.1. The number of aromatic nitrogens is 1. The third-order valence-electron chi connectivity index (χ3n) is 4.51. The summed E-state index contributed by atoms with van der Waals surface area (Å²) in [4.78, 5) is 18.6. The number of rotatable bonds is 10. The number of anilines is 1. The van der Waals surface area contributed by atoms with Crippen molar-refractivity contribution >= 4 is 28.9 Å². The Labute approximate surface area is 193 Å². The zero-order valence-electron chi connectivity index (χ0n) is 18.9. The zero-order valence-corrected chi connectivity index (χ0v) is 19.7. The Balaban J connectivity index is 2.03. The highest BCUT2D eigenvalue weighted by Crippen LogP contribution is 2.36. The Hall–Kier alpha value is -2.65. The van der Waals surface area contributed by atoms with Crippen LogP contribution in [0, 0.1) is 0 Å². The molecule has 0 unspecified atom stereocenters. The number of pyridine rings is 1. The van der Waals surface area contributed by atoms with E-state index in [0.717, 1.165) is 31.9 Å². The first-order valence-electron chi connectivity index (χ1n) is 10.5. The standard InChI is InChI=1S/C23H30F2N4O2S/c1-5-6-7-12-31-20-11-10-17(13-19(20)23(2,24)25)27-22(32)28-21(30)16-8-9-18(26-14-16)15-29(3)4/h8-11,13-14H,5-7,12,15H2,1-4H3,(H2,27,28,30,32). The van der Waals surface area contributed by atoms with Crippen molar-refractivity contribution in [3.05, 3.63) is 53.3 Å². The maximum atomic E-state index is 14.1. The summed E-state index contributed by atoms with van der Waals surface area (Å²) in [6.45, 7) is 3.91. The molecule has 9 heteroatoms. The van der Waals surface area contributed by atoms with Crippen LogP contribution in [0.4, 0.5) is 14.5 Å². The number of alkyl halides is 2. The van der Waals surface area contributed by atoms with E-state index in [1.165, 1.54) is 18.3 Å². The van der Waals surface area contributed by atoms with Crippen LogP contribution in [0.2, 0.25) is 0 Å². The molecule has 0 aliphatic rings.